The first-order valence-electron chi connectivity index (χ1n) is 22.8. The Morgan fingerprint density at radius 1 is 0.722 bits per heavy atom. The number of fused-ring (bicyclic) bond motifs is 7. The predicted molar refractivity (Wildman–Crippen MR) is 212 cm³/mol. The number of aliphatic carboxylic acids is 1. The van der Waals surface area contributed by atoms with Crippen LogP contribution in [0.2, 0.25) is 0 Å². The fourth-order valence-electron chi connectivity index (χ4n) is 16.8. The van der Waals surface area contributed by atoms with Crippen LogP contribution in [0.15, 0.2) is 0 Å². The molecule has 6 aliphatic carbocycles. The van der Waals surface area contributed by atoms with E-state index in [-0.39, 0.29) is 45.1 Å². The van der Waals surface area contributed by atoms with Gasteiger partial charge in [0, 0.05) is 24.5 Å². The molecule has 0 spiro atoms. The summed E-state index contributed by atoms with van der Waals surface area (Å²) in [5.41, 5.74) is -0.302. The van der Waals surface area contributed by atoms with Crippen molar-refractivity contribution < 1.29 is 24.2 Å². The highest BCUT2D eigenvalue weighted by atomic mass is 16.5. The molecule has 0 bridgehead atoms. The lowest BCUT2D eigenvalue weighted by Gasteiger charge is -2.73. The maximum absolute atomic E-state index is 15.3. The van der Waals surface area contributed by atoms with Crippen LogP contribution in [0.25, 0.3) is 0 Å². The molecule has 0 radical (unpaired) electrons. The first-order chi connectivity index (χ1) is 25.3. The molecule has 0 unspecified atom stereocenters. The number of carbonyl (C=O) groups excluding carboxylic acids is 2. The average Bonchev–Trinajstić information content (AvgIpc) is 3.87. The number of carboxylic acid groups (broad SMARTS) is 1. The van der Waals surface area contributed by atoms with E-state index in [1.54, 1.807) is 0 Å². The standard InChI is InChI=1S/C47H76N2O5/c1-29(2)31-16-21-47(41(53)49-26-12-13-30(49)28-48-24-10-11-25-48)23-22-45(8)32(38(31)47)14-15-36-44(7)19-18-37(43(5,6)35(44)17-20-46(36,45)9)54-40(52)34-27-33(39(50)51)42(34,3)4/h29-38H,10-28H2,1-9H3,(H,50,51)/t30-,31-,32+,33+,34-,35-,36+,37-,38+,44-,45+,46+,47-/m0/s1. The zero-order valence-electron chi connectivity index (χ0n) is 35.7. The van der Waals surface area contributed by atoms with E-state index in [0.29, 0.717) is 53.9 Å². The topological polar surface area (TPSA) is 87.2 Å². The van der Waals surface area contributed by atoms with E-state index in [1.165, 1.54) is 70.9 Å². The highest BCUT2D eigenvalue weighted by Gasteiger charge is 2.72. The lowest BCUT2D eigenvalue weighted by molar-refractivity contribution is -0.252. The Morgan fingerprint density at radius 2 is 1.44 bits per heavy atom. The summed E-state index contributed by atoms with van der Waals surface area (Å²) in [6.07, 6.45) is 16.6. The number of likely N-dealkylation sites (tertiary alicyclic amines) is 2. The van der Waals surface area contributed by atoms with Gasteiger partial charge in [0.05, 0.1) is 17.3 Å². The van der Waals surface area contributed by atoms with Gasteiger partial charge in [0.15, 0.2) is 0 Å². The second-order valence-corrected chi connectivity index (χ2v) is 22.9. The van der Waals surface area contributed by atoms with Crippen LogP contribution in [0.4, 0.5) is 0 Å². The van der Waals surface area contributed by atoms with Gasteiger partial charge in [-0.15, -0.1) is 0 Å². The average molecular weight is 749 g/mol. The van der Waals surface area contributed by atoms with Crippen LogP contribution in [0.5, 0.6) is 0 Å². The summed E-state index contributed by atoms with van der Waals surface area (Å²) in [5.74, 6) is 2.15. The number of esters is 1. The van der Waals surface area contributed by atoms with Crippen LogP contribution in [-0.2, 0) is 19.1 Å². The lowest BCUT2D eigenvalue weighted by atomic mass is 9.32. The van der Waals surface area contributed by atoms with Gasteiger partial charge < -0.3 is 19.6 Å². The van der Waals surface area contributed by atoms with Crippen molar-refractivity contribution >= 4 is 17.8 Å². The van der Waals surface area contributed by atoms with Gasteiger partial charge in [-0.05, 0) is 167 Å². The molecule has 8 aliphatic rings. The molecule has 7 nitrogen and oxygen atoms in total. The Labute approximate surface area is 327 Å². The van der Waals surface area contributed by atoms with Crippen molar-refractivity contribution in [3.63, 3.8) is 0 Å². The molecule has 54 heavy (non-hydrogen) atoms. The Balaban J connectivity index is 1.03. The van der Waals surface area contributed by atoms with Crippen molar-refractivity contribution in [2.45, 2.75) is 171 Å². The summed E-state index contributed by atoms with van der Waals surface area (Å²) in [6.45, 7) is 26.0. The maximum Gasteiger partial charge on any atom is 0.309 e. The van der Waals surface area contributed by atoms with Crippen molar-refractivity contribution in [2.24, 2.45) is 79.8 Å². The minimum atomic E-state index is -0.803. The van der Waals surface area contributed by atoms with Crippen LogP contribution >= 0.6 is 0 Å². The molecule has 304 valence electrons. The van der Waals surface area contributed by atoms with E-state index >= 15 is 4.79 Å². The van der Waals surface area contributed by atoms with Gasteiger partial charge in [-0.1, -0.05) is 62.3 Å². The third-order valence-corrected chi connectivity index (χ3v) is 20.1. The summed E-state index contributed by atoms with van der Waals surface area (Å²) in [6, 6.07) is 0.403. The monoisotopic (exact) mass is 749 g/mol. The van der Waals surface area contributed by atoms with Crippen LogP contribution in [0.1, 0.15) is 159 Å². The second-order valence-electron chi connectivity index (χ2n) is 22.9. The molecule has 8 fully saturated rings. The number of hydrogen-bond acceptors (Lipinski definition) is 5. The zero-order chi connectivity index (χ0) is 38.8. The molecule has 7 heteroatoms. The van der Waals surface area contributed by atoms with Gasteiger partial charge >= 0.3 is 11.9 Å². The van der Waals surface area contributed by atoms with Crippen molar-refractivity contribution in [1.82, 2.24) is 9.80 Å². The smallest absolute Gasteiger partial charge is 0.309 e. The van der Waals surface area contributed by atoms with E-state index in [9.17, 15) is 14.7 Å². The van der Waals surface area contributed by atoms with E-state index in [2.05, 4.69) is 58.3 Å². The highest BCUT2D eigenvalue weighted by Crippen LogP contribution is 2.78. The summed E-state index contributed by atoms with van der Waals surface area (Å²) in [5, 5.41) is 9.68. The van der Waals surface area contributed by atoms with Crippen LogP contribution < -0.4 is 0 Å². The number of ether oxygens (including phenoxy) is 1. The van der Waals surface area contributed by atoms with Crippen molar-refractivity contribution in [1.29, 1.82) is 0 Å². The molecule has 2 heterocycles. The normalized spacial score (nSPS) is 48.0. The summed E-state index contributed by atoms with van der Waals surface area (Å²) in [7, 11) is 0. The van der Waals surface area contributed by atoms with Gasteiger partial charge in [-0.2, -0.15) is 0 Å². The first kappa shape index (κ1) is 39.2. The predicted octanol–water partition coefficient (Wildman–Crippen LogP) is 9.47. The van der Waals surface area contributed by atoms with Crippen LogP contribution in [0.3, 0.4) is 0 Å². The molecule has 13 atom stereocenters. The number of nitrogens with zero attached hydrogens (tertiary/aromatic N) is 2. The molecule has 6 saturated carbocycles. The fraction of sp³-hybridized carbons (Fsp3) is 0.936. The van der Waals surface area contributed by atoms with E-state index in [1.807, 2.05) is 13.8 Å². The Bertz CT molecular complexity index is 1500. The molecular formula is C47H76N2O5. The first-order valence-corrected chi connectivity index (χ1v) is 22.8. The summed E-state index contributed by atoms with van der Waals surface area (Å²) in [4.78, 5) is 45.8. The molecule has 1 N–H and O–H groups in total. The molecule has 8 rings (SSSR count). The lowest BCUT2D eigenvalue weighted by Crippen LogP contribution is -2.68. The van der Waals surface area contributed by atoms with Gasteiger partial charge in [0.2, 0.25) is 5.91 Å². The van der Waals surface area contributed by atoms with E-state index in [4.69, 9.17) is 4.74 Å². The number of rotatable bonds is 7. The van der Waals surface area contributed by atoms with E-state index in [0.717, 1.165) is 45.2 Å². The molecule has 2 aliphatic heterocycles. The second kappa shape index (κ2) is 13.2. The molecule has 2 saturated heterocycles. The molecular weight excluding hydrogens is 673 g/mol. The molecule has 0 aromatic rings. The highest BCUT2D eigenvalue weighted by molar-refractivity contribution is 5.84. The zero-order valence-corrected chi connectivity index (χ0v) is 35.7. The SMILES string of the molecule is CC(C)[C@@H]1CC[C@]2(C(=O)N3CCC[C@H]3CN3CCCC3)CC[C@]3(C)[C@H](CC[C@@H]4[C@@]5(C)CC[C@H](OC(=O)[C@@H]6C[C@H](C(=O)O)C6(C)C)C(C)(C)[C@@H]5CC[C@]43C)[C@@H]12. The Morgan fingerprint density at radius 3 is 2.11 bits per heavy atom. The minimum Gasteiger partial charge on any atom is -0.481 e. The number of carboxylic acids is 1. The van der Waals surface area contributed by atoms with Crippen molar-refractivity contribution in [2.75, 3.05) is 26.2 Å². The molecule has 0 aromatic heterocycles. The van der Waals surface area contributed by atoms with Gasteiger partial charge in [-0.3, -0.25) is 14.4 Å². The maximum atomic E-state index is 15.3. The van der Waals surface area contributed by atoms with Crippen molar-refractivity contribution in [3.05, 3.63) is 0 Å². The third kappa shape index (κ3) is 5.43. The van der Waals surface area contributed by atoms with Gasteiger partial charge in [0.25, 0.3) is 0 Å². The minimum absolute atomic E-state index is 0.134. The summed E-state index contributed by atoms with van der Waals surface area (Å²) >= 11 is 0. The Hall–Kier alpha value is -1.63. The fourth-order valence-corrected chi connectivity index (χ4v) is 16.8. The van der Waals surface area contributed by atoms with Crippen LogP contribution in [-0.4, -0.2) is 71.1 Å². The summed E-state index contributed by atoms with van der Waals surface area (Å²) < 4.78 is 6.47. The number of carbonyl (C=O) groups is 3. The van der Waals surface area contributed by atoms with Gasteiger partial charge in [0.1, 0.15) is 6.10 Å². The number of amides is 1. The largest absolute Gasteiger partial charge is 0.481 e. The van der Waals surface area contributed by atoms with E-state index < -0.39 is 17.3 Å². The van der Waals surface area contributed by atoms with Crippen molar-refractivity contribution in [3.8, 4) is 0 Å². The molecule has 0 aromatic carbocycles. The molecule has 1 amide bonds. The van der Waals surface area contributed by atoms with Gasteiger partial charge in [-0.25, -0.2) is 0 Å². The quantitative estimate of drug-likeness (QED) is 0.261. The number of hydrogen-bond donors (Lipinski definition) is 1. The third-order valence-electron chi connectivity index (χ3n) is 20.1. The Kier molecular flexibility index (Phi) is 9.58. The van der Waals surface area contributed by atoms with Crippen LogP contribution in [0, 0.1) is 79.8 Å².